The van der Waals surface area contributed by atoms with Gasteiger partial charge >= 0.3 is 0 Å². The van der Waals surface area contributed by atoms with Crippen LogP contribution in [-0.2, 0) is 6.42 Å². The first-order chi connectivity index (χ1) is 12.2. The lowest BCUT2D eigenvalue weighted by molar-refractivity contribution is 0.811. The molecule has 0 atom stereocenters. The molecule has 122 valence electrons. The van der Waals surface area contributed by atoms with E-state index in [-0.39, 0.29) is 11.3 Å². The van der Waals surface area contributed by atoms with Crippen molar-refractivity contribution in [2.45, 2.75) is 6.42 Å². The molecule has 0 fully saturated rings. The summed E-state index contributed by atoms with van der Waals surface area (Å²) in [6, 6.07) is 13.1. The summed E-state index contributed by atoms with van der Waals surface area (Å²) in [6.45, 7) is 0. The van der Waals surface area contributed by atoms with Gasteiger partial charge in [-0.15, -0.1) is 0 Å². The monoisotopic (exact) mass is 348 g/mol. The van der Waals surface area contributed by atoms with Gasteiger partial charge in [0.1, 0.15) is 5.69 Å². The minimum atomic E-state index is -0.402. The molecule has 7 heteroatoms. The first-order valence-electron chi connectivity index (χ1n) is 7.59. The molecule has 0 aliphatic rings. The Hall–Kier alpha value is -3.19. The maximum atomic E-state index is 12.6. The van der Waals surface area contributed by atoms with Crippen LogP contribution in [0.15, 0.2) is 64.4 Å². The molecule has 0 aliphatic heterocycles. The number of hydrogen-bond acceptors (Lipinski definition) is 6. The summed E-state index contributed by atoms with van der Waals surface area (Å²) in [6.07, 6.45) is 5.39. The van der Waals surface area contributed by atoms with E-state index in [1.807, 2.05) is 30.3 Å². The molecule has 4 rings (SSSR count). The third-order valence-electron chi connectivity index (χ3n) is 3.67. The van der Waals surface area contributed by atoms with Gasteiger partial charge in [0, 0.05) is 18.8 Å². The number of aromatic nitrogens is 4. The molecule has 6 nitrogen and oxygen atoms in total. The SMILES string of the molecule is O=c1nc2sc(=Cc3ccncc3)c(=O)n2nc1Cc1ccccc1. The van der Waals surface area contributed by atoms with E-state index in [1.165, 1.54) is 4.52 Å². The minimum absolute atomic E-state index is 0.258. The van der Waals surface area contributed by atoms with Crippen molar-refractivity contribution in [2.75, 3.05) is 0 Å². The summed E-state index contributed by atoms with van der Waals surface area (Å²) in [7, 11) is 0. The van der Waals surface area contributed by atoms with Crippen LogP contribution in [0.1, 0.15) is 16.8 Å². The average molecular weight is 348 g/mol. The zero-order chi connectivity index (χ0) is 17.2. The molecule has 0 spiro atoms. The fourth-order valence-corrected chi connectivity index (χ4v) is 3.36. The summed E-state index contributed by atoms with van der Waals surface area (Å²) < 4.78 is 1.68. The number of benzene rings is 1. The van der Waals surface area contributed by atoms with Crippen molar-refractivity contribution in [1.29, 1.82) is 0 Å². The van der Waals surface area contributed by atoms with Crippen LogP contribution in [0.5, 0.6) is 0 Å². The van der Waals surface area contributed by atoms with Gasteiger partial charge in [0.25, 0.3) is 11.1 Å². The maximum Gasteiger partial charge on any atom is 0.296 e. The summed E-state index contributed by atoms with van der Waals surface area (Å²) >= 11 is 1.15. The van der Waals surface area contributed by atoms with Crippen LogP contribution in [0, 0.1) is 0 Å². The zero-order valence-electron chi connectivity index (χ0n) is 13.0. The van der Waals surface area contributed by atoms with Crippen molar-refractivity contribution in [3.8, 4) is 0 Å². The molecule has 0 radical (unpaired) electrons. The first kappa shape index (κ1) is 15.3. The van der Waals surface area contributed by atoms with E-state index in [4.69, 9.17) is 0 Å². The van der Waals surface area contributed by atoms with E-state index >= 15 is 0 Å². The Bertz CT molecular complexity index is 1200. The zero-order valence-corrected chi connectivity index (χ0v) is 13.8. The van der Waals surface area contributed by atoms with Crippen molar-refractivity contribution in [3.05, 3.63) is 96.9 Å². The summed E-state index contributed by atoms with van der Waals surface area (Å²) in [5.41, 5.74) is 1.37. The van der Waals surface area contributed by atoms with Crippen LogP contribution in [-0.4, -0.2) is 19.6 Å². The molecule has 0 aliphatic carbocycles. The minimum Gasteiger partial charge on any atom is -0.266 e. The van der Waals surface area contributed by atoms with Crippen LogP contribution in [0.3, 0.4) is 0 Å². The number of thiazole rings is 1. The van der Waals surface area contributed by atoms with Gasteiger partial charge in [-0.1, -0.05) is 41.7 Å². The highest BCUT2D eigenvalue weighted by Crippen LogP contribution is 2.05. The molecular weight excluding hydrogens is 336 g/mol. The summed E-state index contributed by atoms with van der Waals surface area (Å²) in [5.74, 6) is 0. The van der Waals surface area contributed by atoms with Gasteiger partial charge in [-0.3, -0.25) is 14.6 Å². The Kier molecular flexibility index (Phi) is 3.91. The third kappa shape index (κ3) is 3.09. The Labute approximate surface area is 145 Å². The average Bonchev–Trinajstić information content (AvgIpc) is 2.92. The predicted molar refractivity (Wildman–Crippen MR) is 95.7 cm³/mol. The van der Waals surface area contributed by atoms with Crippen molar-refractivity contribution in [3.63, 3.8) is 0 Å². The molecular formula is C18H12N4O2S. The summed E-state index contributed by atoms with van der Waals surface area (Å²) in [4.78, 5) is 33.1. The number of fused-ring (bicyclic) bond motifs is 1. The van der Waals surface area contributed by atoms with Gasteiger partial charge in [-0.25, -0.2) is 0 Å². The van der Waals surface area contributed by atoms with Crippen LogP contribution < -0.4 is 15.7 Å². The summed E-state index contributed by atoms with van der Waals surface area (Å²) in [5, 5.41) is 4.24. The molecule has 4 aromatic rings. The number of rotatable bonds is 3. The second-order valence-corrected chi connectivity index (χ2v) is 6.43. The topological polar surface area (TPSA) is 77.2 Å². The molecule has 0 saturated carbocycles. The quantitative estimate of drug-likeness (QED) is 0.553. The maximum absolute atomic E-state index is 12.6. The Morgan fingerprint density at radius 2 is 1.80 bits per heavy atom. The highest BCUT2D eigenvalue weighted by atomic mass is 32.1. The molecule has 25 heavy (non-hydrogen) atoms. The van der Waals surface area contributed by atoms with Crippen molar-refractivity contribution in [2.24, 2.45) is 0 Å². The molecule has 1 aromatic carbocycles. The Morgan fingerprint density at radius 1 is 1.04 bits per heavy atom. The largest absolute Gasteiger partial charge is 0.296 e. The second-order valence-electron chi connectivity index (χ2n) is 5.42. The van der Waals surface area contributed by atoms with E-state index in [0.29, 0.717) is 15.9 Å². The predicted octanol–water partition coefficient (Wildman–Crippen LogP) is 1.04. The lowest BCUT2D eigenvalue weighted by Crippen LogP contribution is -2.28. The number of nitrogens with zero attached hydrogens (tertiary/aromatic N) is 4. The highest BCUT2D eigenvalue weighted by Gasteiger charge is 2.11. The van der Waals surface area contributed by atoms with Crippen LogP contribution in [0.25, 0.3) is 11.0 Å². The van der Waals surface area contributed by atoms with Gasteiger partial charge in [0.05, 0.1) is 4.53 Å². The standard InChI is InChI=1S/C18H12N4O2S/c23-16-14(10-12-4-2-1-3-5-12)21-22-17(24)15(25-18(22)20-16)11-13-6-8-19-9-7-13/h1-9,11H,10H2. The van der Waals surface area contributed by atoms with E-state index in [1.54, 1.807) is 30.6 Å². The smallest absolute Gasteiger partial charge is 0.266 e. The Balaban J connectivity index is 1.84. The van der Waals surface area contributed by atoms with Crippen LogP contribution in [0.2, 0.25) is 0 Å². The molecule has 0 saturated heterocycles. The van der Waals surface area contributed by atoms with Crippen LogP contribution >= 0.6 is 11.3 Å². The Morgan fingerprint density at radius 3 is 2.56 bits per heavy atom. The van der Waals surface area contributed by atoms with Gasteiger partial charge in [0.15, 0.2) is 0 Å². The molecule has 3 heterocycles. The molecule has 3 aromatic heterocycles. The third-order valence-corrected chi connectivity index (χ3v) is 4.63. The van der Waals surface area contributed by atoms with Gasteiger partial charge < -0.3 is 0 Å². The van der Waals surface area contributed by atoms with Crippen LogP contribution in [0.4, 0.5) is 0 Å². The van der Waals surface area contributed by atoms with Gasteiger partial charge in [-0.2, -0.15) is 14.6 Å². The lowest BCUT2D eigenvalue weighted by Gasteiger charge is -1.99. The molecule has 0 unspecified atom stereocenters. The molecule has 0 bridgehead atoms. The normalized spacial score (nSPS) is 11.9. The first-order valence-corrected chi connectivity index (χ1v) is 8.41. The second kappa shape index (κ2) is 6.37. The van der Waals surface area contributed by atoms with E-state index in [2.05, 4.69) is 15.1 Å². The molecule has 0 amide bonds. The van der Waals surface area contributed by atoms with E-state index < -0.39 is 5.56 Å². The van der Waals surface area contributed by atoms with Gasteiger partial charge in [0.2, 0.25) is 4.96 Å². The van der Waals surface area contributed by atoms with Crippen molar-refractivity contribution < 1.29 is 0 Å². The lowest BCUT2D eigenvalue weighted by atomic mass is 10.1. The van der Waals surface area contributed by atoms with Gasteiger partial charge in [-0.05, 0) is 29.3 Å². The van der Waals surface area contributed by atoms with Crippen molar-refractivity contribution >= 4 is 22.4 Å². The fourth-order valence-electron chi connectivity index (χ4n) is 2.45. The molecule has 0 N–H and O–H groups in total. The van der Waals surface area contributed by atoms with E-state index in [9.17, 15) is 9.59 Å². The fraction of sp³-hybridized carbons (Fsp3) is 0.0556. The number of hydrogen-bond donors (Lipinski definition) is 0. The highest BCUT2D eigenvalue weighted by molar-refractivity contribution is 7.15. The van der Waals surface area contributed by atoms with Crippen molar-refractivity contribution in [1.82, 2.24) is 19.6 Å². The number of pyridine rings is 1. The van der Waals surface area contributed by atoms with E-state index in [0.717, 1.165) is 22.5 Å².